The number of hydrogen-bond acceptors (Lipinski definition) is 5. The SMILES string of the molecule is Cc1cccc(C)c1NC(=O)[C@H](C)OC(=O)CCN1C(=O)COc2ccccc21. The molecule has 0 saturated carbocycles. The Morgan fingerprint density at radius 2 is 1.83 bits per heavy atom. The fourth-order valence-corrected chi connectivity index (χ4v) is 3.15. The van der Waals surface area contributed by atoms with Crippen molar-refractivity contribution in [2.75, 3.05) is 23.4 Å². The maximum Gasteiger partial charge on any atom is 0.308 e. The third-order valence-electron chi connectivity index (χ3n) is 4.75. The third-order valence-corrected chi connectivity index (χ3v) is 4.75. The van der Waals surface area contributed by atoms with Gasteiger partial charge in [-0.3, -0.25) is 14.4 Å². The number of anilines is 2. The number of para-hydroxylation sites is 3. The summed E-state index contributed by atoms with van der Waals surface area (Å²) in [7, 11) is 0. The van der Waals surface area contributed by atoms with Gasteiger partial charge < -0.3 is 19.7 Å². The molecule has 3 rings (SSSR count). The number of carbonyl (C=O) groups is 3. The van der Waals surface area contributed by atoms with E-state index in [1.807, 2.05) is 38.1 Å². The van der Waals surface area contributed by atoms with E-state index in [0.717, 1.165) is 16.8 Å². The second-order valence-corrected chi connectivity index (χ2v) is 6.94. The summed E-state index contributed by atoms with van der Waals surface area (Å²) < 4.78 is 10.6. The molecule has 0 fully saturated rings. The Kier molecular flexibility index (Phi) is 6.16. The van der Waals surface area contributed by atoms with Crippen LogP contribution in [0.1, 0.15) is 24.5 Å². The van der Waals surface area contributed by atoms with Gasteiger partial charge in [0.15, 0.2) is 12.7 Å². The number of nitrogens with zero attached hydrogens (tertiary/aromatic N) is 1. The highest BCUT2D eigenvalue weighted by molar-refractivity contribution is 5.98. The van der Waals surface area contributed by atoms with Crippen LogP contribution >= 0.6 is 0 Å². The number of amides is 2. The van der Waals surface area contributed by atoms with Gasteiger partial charge in [0.05, 0.1) is 12.1 Å². The highest BCUT2D eigenvalue weighted by Crippen LogP contribution is 2.31. The van der Waals surface area contributed by atoms with Gasteiger partial charge >= 0.3 is 5.97 Å². The molecule has 2 amide bonds. The first kappa shape index (κ1) is 20.4. The number of rotatable bonds is 6. The number of aryl methyl sites for hydroxylation is 2. The Bertz CT molecular complexity index is 920. The second-order valence-electron chi connectivity index (χ2n) is 6.94. The van der Waals surface area contributed by atoms with E-state index in [9.17, 15) is 14.4 Å². The summed E-state index contributed by atoms with van der Waals surface area (Å²) in [6, 6.07) is 12.9. The molecule has 7 nitrogen and oxygen atoms in total. The zero-order valence-corrected chi connectivity index (χ0v) is 16.7. The molecule has 0 radical (unpaired) electrons. The molecule has 0 aromatic heterocycles. The van der Waals surface area contributed by atoms with Crippen molar-refractivity contribution in [1.29, 1.82) is 0 Å². The van der Waals surface area contributed by atoms with E-state index in [1.54, 1.807) is 18.2 Å². The molecule has 0 aliphatic carbocycles. The van der Waals surface area contributed by atoms with Crippen molar-refractivity contribution in [2.24, 2.45) is 0 Å². The average Bonchev–Trinajstić information content (AvgIpc) is 2.70. The van der Waals surface area contributed by atoms with Gasteiger partial charge in [-0.15, -0.1) is 0 Å². The van der Waals surface area contributed by atoms with Crippen LogP contribution in [0.4, 0.5) is 11.4 Å². The summed E-state index contributed by atoms with van der Waals surface area (Å²) in [5.74, 6) is -0.575. The van der Waals surface area contributed by atoms with Crippen LogP contribution in [-0.4, -0.2) is 37.0 Å². The Hall–Kier alpha value is -3.35. The number of carbonyl (C=O) groups excluding carboxylic acids is 3. The summed E-state index contributed by atoms with van der Waals surface area (Å²) in [4.78, 5) is 38.3. The first-order valence-electron chi connectivity index (χ1n) is 9.45. The van der Waals surface area contributed by atoms with Crippen molar-refractivity contribution < 1.29 is 23.9 Å². The Morgan fingerprint density at radius 1 is 1.14 bits per heavy atom. The smallest absolute Gasteiger partial charge is 0.308 e. The van der Waals surface area contributed by atoms with Gasteiger partial charge in [-0.1, -0.05) is 30.3 Å². The summed E-state index contributed by atoms with van der Waals surface area (Å²) >= 11 is 0. The van der Waals surface area contributed by atoms with Crippen molar-refractivity contribution in [3.63, 3.8) is 0 Å². The van der Waals surface area contributed by atoms with E-state index >= 15 is 0 Å². The van der Waals surface area contributed by atoms with Crippen LogP contribution < -0.4 is 15.0 Å². The fraction of sp³-hybridized carbons (Fsp3) is 0.318. The normalized spacial score (nSPS) is 13.9. The van der Waals surface area contributed by atoms with Gasteiger partial charge in [-0.2, -0.15) is 0 Å². The molecule has 2 aromatic rings. The van der Waals surface area contributed by atoms with Crippen LogP contribution in [0, 0.1) is 13.8 Å². The van der Waals surface area contributed by atoms with E-state index in [-0.39, 0.29) is 25.5 Å². The van der Waals surface area contributed by atoms with Crippen molar-refractivity contribution in [3.05, 3.63) is 53.6 Å². The quantitative estimate of drug-likeness (QED) is 0.759. The lowest BCUT2D eigenvalue weighted by Gasteiger charge is -2.29. The molecule has 0 saturated heterocycles. The Morgan fingerprint density at radius 3 is 2.55 bits per heavy atom. The van der Waals surface area contributed by atoms with Gasteiger partial charge in [-0.05, 0) is 44.0 Å². The van der Waals surface area contributed by atoms with Crippen molar-refractivity contribution in [1.82, 2.24) is 0 Å². The highest BCUT2D eigenvalue weighted by atomic mass is 16.5. The predicted molar refractivity (Wildman–Crippen MR) is 109 cm³/mol. The standard InChI is InChI=1S/C22H24N2O5/c1-14-7-6-8-15(2)21(14)23-22(27)16(3)29-20(26)11-12-24-17-9-4-5-10-18(17)28-13-19(24)25/h4-10,16H,11-13H2,1-3H3,(H,23,27)/t16-/m0/s1. The molecule has 1 heterocycles. The van der Waals surface area contributed by atoms with Crippen LogP contribution in [0.25, 0.3) is 0 Å². The molecule has 1 aliphatic rings. The molecular weight excluding hydrogens is 372 g/mol. The van der Waals surface area contributed by atoms with Crippen molar-refractivity contribution >= 4 is 29.2 Å². The van der Waals surface area contributed by atoms with Crippen LogP contribution in [0.2, 0.25) is 0 Å². The minimum absolute atomic E-state index is 0.0267. The van der Waals surface area contributed by atoms with Crippen molar-refractivity contribution in [3.8, 4) is 5.75 Å². The van der Waals surface area contributed by atoms with E-state index in [4.69, 9.17) is 9.47 Å². The highest BCUT2D eigenvalue weighted by Gasteiger charge is 2.26. The first-order valence-corrected chi connectivity index (χ1v) is 9.45. The summed E-state index contributed by atoms with van der Waals surface area (Å²) in [6.45, 7) is 5.41. The molecule has 7 heteroatoms. The summed E-state index contributed by atoms with van der Waals surface area (Å²) in [5.41, 5.74) is 3.20. The lowest BCUT2D eigenvalue weighted by Crippen LogP contribution is -2.40. The van der Waals surface area contributed by atoms with E-state index in [1.165, 1.54) is 11.8 Å². The number of ether oxygens (including phenoxy) is 2. The average molecular weight is 396 g/mol. The maximum absolute atomic E-state index is 12.4. The minimum Gasteiger partial charge on any atom is -0.482 e. The zero-order chi connectivity index (χ0) is 21.0. The summed E-state index contributed by atoms with van der Waals surface area (Å²) in [6.07, 6.45) is -0.977. The van der Waals surface area contributed by atoms with E-state index in [2.05, 4.69) is 5.32 Å². The van der Waals surface area contributed by atoms with Gasteiger partial charge in [0.2, 0.25) is 0 Å². The lowest BCUT2D eigenvalue weighted by atomic mass is 10.1. The predicted octanol–water partition coefficient (Wildman–Crippen LogP) is 2.99. The Labute approximate surface area is 169 Å². The molecule has 152 valence electrons. The number of hydrogen-bond donors (Lipinski definition) is 1. The number of esters is 1. The molecule has 0 spiro atoms. The van der Waals surface area contributed by atoms with Crippen LogP contribution in [-0.2, 0) is 19.1 Å². The molecule has 0 unspecified atom stereocenters. The van der Waals surface area contributed by atoms with Gasteiger partial charge in [0.25, 0.3) is 11.8 Å². The number of nitrogens with one attached hydrogen (secondary N) is 1. The topological polar surface area (TPSA) is 84.9 Å². The molecule has 1 N–H and O–H groups in total. The number of benzene rings is 2. The maximum atomic E-state index is 12.4. The second kappa shape index (κ2) is 8.77. The first-order chi connectivity index (χ1) is 13.9. The van der Waals surface area contributed by atoms with Crippen molar-refractivity contribution in [2.45, 2.75) is 33.3 Å². The number of fused-ring (bicyclic) bond motifs is 1. The fourth-order valence-electron chi connectivity index (χ4n) is 3.15. The largest absolute Gasteiger partial charge is 0.482 e. The van der Waals surface area contributed by atoms with Crippen LogP contribution in [0.5, 0.6) is 5.75 Å². The van der Waals surface area contributed by atoms with Gasteiger partial charge in [0.1, 0.15) is 5.75 Å². The molecule has 2 aromatic carbocycles. The van der Waals surface area contributed by atoms with Crippen LogP contribution in [0.3, 0.4) is 0 Å². The molecule has 1 atom stereocenters. The van der Waals surface area contributed by atoms with Gasteiger partial charge in [-0.25, -0.2) is 0 Å². The molecule has 0 bridgehead atoms. The van der Waals surface area contributed by atoms with E-state index < -0.39 is 18.0 Å². The molecule has 29 heavy (non-hydrogen) atoms. The molecule has 1 aliphatic heterocycles. The molecular formula is C22H24N2O5. The van der Waals surface area contributed by atoms with E-state index in [0.29, 0.717) is 11.4 Å². The lowest BCUT2D eigenvalue weighted by molar-refractivity contribution is -0.153. The van der Waals surface area contributed by atoms with Crippen LogP contribution in [0.15, 0.2) is 42.5 Å². The zero-order valence-electron chi connectivity index (χ0n) is 16.7. The Balaban J connectivity index is 1.55. The third kappa shape index (κ3) is 4.74. The van der Waals surface area contributed by atoms with Gasteiger partial charge in [0, 0.05) is 12.2 Å². The monoisotopic (exact) mass is 396 g/mol. The summed E-state index contributed by atoms with van der Waals surface area (Å²) in [5, 5.41) is 2.81. The minimum atomic E-state index is -0.950.